The number of rotatable bonds is 14. The van der Waals surface area contributed by atoms with Crippen LogP contribution in [0.25, 0.3) is 0 Å². The van der Waals surface area contributed by atoms with Crippen LogP contribution in [0.5, 0.6) is 23.0 Å². The summed E-state index contributed by atoms with van der Waals surface area (Å²) in [5.74, 6) is 3.46. The van der Waals surface area contributed by atoms with Gasteiger partial charge in [0.1, 0.15) is 0 Å². The van der Waals surface area contributed by atoms with E-state index in [1.165, 1.54) is 80.4 Å². The Morgan fingerprint density at radius 2 is 1.48 bits per heavy atom. The van der Waals surface area contributed by atoms with Crippen LogP contribution < -0.4 is 18.9 Å². The number of hydrogen-bond donors (Lipinski definition) is 0. The summed E-state index contributed by atoms with van der Waals surface area (Å²) in [6.07, 6.45) is 10.9. The fourth-order valence-corrected chi connectivity index (χ4v) is 6.38. The summed E-state index contributed by atoms with van der Waals surface area (Å²) >= 11 is 0. The maximum atomic E-state index is 5.71. The first kappa shape index (κ1) is 34.3. The number of hydrogen-bond acceptors (Lipinski definition) is 6. The third-order valence-corrected chi connectivity index (χ3v) is 8.42. The number of unbranched alkanes of at least 4 members (excludes halogenated alkanes) is 3. The van der Waals surface area contributed by atoms with E-state index in [9.17, 15) is 0 Å². The predicted octanol–water partition coefficient (Wildman–Crippen LogP) is 6.75. The van der Waals surface area contributed by atoms with Gasteiger partial charge in [-0.25, -0.2) is 0 Å². The van der Waals surface area contributed by atoms with Gasteiger partial charge < -0.3 is 23.8 Å². The van der Waals surface area contributed by atoms with Crippen LogP contribution in [0.4, 0.5) is 0 Å². The van der Waals surface area contributed by atoms with E-state index in [0.29, 0.717) is 6.04 Å². The Bertz CT molecular complexity index is 1050. The molecule has 1 aliphatic carbocycles. The summed E-state index contributed by atoms with van der Waals surface area (Å²) in [5.41, 5.74) is 5.56. The van der Waals surface area contributed by atoms with Gasteiger partial charge in [0, 0.05) is 24.7 Å². The minimum absolute atomic E-state index is 0. The quantitative estimate of drug-likeness (QED) is 0.225. The van der Waals surface area contributed by atoms with Gasteiger partial charge in [0.05, 0.1) is 28.4 Å². The molecule has 0 bridgehead atoms. The second-order valence-electron chi connectivity index (χ2n) is 10.8. The van der Waals surface area contributed by atoms with Crippen molar-refractivity contribution in [3.05, 3.63) is 46.5 Å². The normalized spacial score (nSPS) is 16.3. The molecule has 0 fully saturated rings. The lowest BCUT2D eigenvalue weighted by molar-refractivity contribution is 0.174. The van der Waals surface area contributed by atoms with E-state index in [1.54, 1.807) is 28.4 Å². The topological polar surface area (TPSA) is 43.4 Å². The molecule has 1 unspecified atom stereocenters. The zero-order chi connectivity index (χ0) is 26.9. The van der Waals surface area contributed by atoms with Gasteiger partial charge in [-0.15, -0.1) is 24.8 Å². The molecule has 2 aliphatic rings. The largest absolute Gasteiger partial charge is 0.493 e. The predicted molar refractivity (Wildman–Crippen MR) is 169 cm³/mol. The van der Waals surface area contributed by atoms with E-state index in [1.807, 2.05) is 0 Å². The van der Waals surface area contributed by atoms with Crippen LogP contribution in [-0.4, -0.2) is 70.5 Å². The van der Waals surface area contributed by atoms with Crippen molar-refractivity contribution in [3.8, 4) is 23.0 Å². The van der Waals surface area contributed by atoms with E-state index in [2.05, 4.69) is 41.0 Å². The van der Waals surface area contributed by atoms with Gasteiger partial charge in [-0.2, -0.15) is 0 Å². The van der Waals surface area contributed by atoms with Crippen molar-refractivity contribution >= 4 is 24.8 Å². The van der Waals surface area contributed by atoms with E-state index >= 15 is 0 Å². The lowest BCUT2D eigenvalue weighted by atomic mass is 9.86. The minimum Gasteiger partial charge on any atom is -0.493 e. The molecular formula is C32H50Cl2N2O4. The van der Waals surface area contributed by atoms with Crippen LogP contribution in [0.2, 0.25) is 0 Å². The first-order chi connectivity index (χ1) is 18.6. The molecule has 8 heteroatoms. The average molecular weight is 598 g/mol. The maximum Gasteiger partial charge on any atom is 0.164 e. The van der Waals surface area contributed by atoms with Crippen LogP contribution >= 0.6 is 24.8 Å². The smallest absolute Gasteiger partial charge is 0.164 e. The molecule has 0 saturated heterocycles. The number of ether oxygens (including phenoxy) is 4. The molecule has 1 aliphatic heterocycles. The van der Waals surface area contributed by atoms with Gasteiger partial charge in [-0.3, -0.25) is 4.90 Å². The van der Waals surface area contributed by atoms with Gasteiger partial charge in [0.15, 0.2) is 23.0 Å². The Morgan fingerprint density at radius 3 is 2.15 bits per heavy atom. The maximum absolute atomic E-state index is 5.71. The second kappa shape index (κ2) is 17.2. The van der Waals surface area contributed by atoms with Crippen molar-refractivity contribution in [2.75, 3.05) is 54.6 Å². The summed E-state index contributed by atoms with van der Waals surface area (Å²) in [6.45, 7) is 8.03. The van der Waals surface area contributed by atoms with E-state index in [0.717, 1.165) is 55.4 Å². The molecule has 226 valence electrons. The van der Waals surface area contributed by atoms with Crippen LogP contribution in [0.1, 0.15) is 67.7 Å². The molecular weight excluding hydrogens is 547 g/mol. The molecule has 4 rings (SSSR count). The summed E-state index contributed by atoms with van der Waals surface area (Å²) in [7, 11) is 6.91. The second-order valence-corrected chi connectivity index (χ2v) is 10.8. The Morgan fingerprint density at radius 1 is 0.775 bits per heavy atom. The van der Waals surface area contributed by atoms with E-state index in [-0.39, 0.29) is 24.8 Å². The first-order valence-electron chi connectivity index (χ1n) is 14.5. The molecule has 0 spiro atoms. The number of nitrogens with zero attached hydrogens (tertiary/aromatic N) is 2. The summed E-state index contributed by atoms with van der Waals surface area (Å²) in [4.78, 5) is 5.35. The van der Waals surface area contributed by atoms with Crippen molar-refractivity contribution < 1.29 is 18.9 Å². The highest BCUT2D eigenvalue weighted by Crippen LogP contribution is 2.38. The monoisotopic (exact) mass is 596 g/mol. The molecule has 0 N–H and O–H groups in total. The minimum atomic E-state index is 0. The Hall–Kier alpha value is -1.86. The fourth-order valence-electron chi connectivity index (χ4n) is 6.38. The third kappa shape index (κ3) is 8.34. The van der Waals surface area contributed by atoms with Crippen LogP contribution in [0.15, 0.2) is 24.3 Å². The lowest BCUT2D eigenvalue weighted by Gasteiger charge is -2.36. The Labute approximate surface area is 254 Å². The first-order valence-corrected chi connectivity index (χ1v) is 14.5. The van der Waals surface area contributed by atoms with Gasteiger partial charge in [0.2, 0.25) is 0 Å². The van der Waals surface area contributed by atoms with Gasteiger partial charge in [0.25, 0.3) is 0 Å². The molecule has 1 heterocycles. The molecule has 2 aromatic rings. The molecule has 6 nitrogen and oxygen atoms in total. The zero-order valence-electron chi connectivity index (χ0n) is 25.1. The number of halogens is 2. The van der Waals surface area contributed by atoms with Crippen LogP contribution in [-0.2, 0) is 25.8 Å². The van der Waals surface area contributed by atoms with Crippen molar-refractivity contribution in [2.45, 2.75) is 77.3 Å². The molecule has 1 atom stereocenters. The van der Waals surface area contributed by atoms with Gasteiger partial charge >= 0.3 is 0 Å². The summed E-state index contributed by atoms with van der Waals surface area (Å²) < 4.78 is 22.2. The van der Waals surface area contributed by atoms with E-state index in [4.69, 9.17) is 18.9 Å². The Balaban J connectivity index is 0.00000280. The molecule has 2 aromatic carbocycles. The van der Waals surface area contributed by atoms with Crippen molar-refractivity contribution in [3.63, 3.8) is 0 Å². The molecule has 0 saturated carbocycles. The van der Waals surface area contributed by atoms with Gasteiger partial charge in [-0.05, 0) is 99.5 Å². The standard InChI is InChI=1S/C32H48N2O4.2ClH/c1-6-16-34(27-12-13-28-25(20-27)11-14-29(35-2)32(28)38-5)18-10-8-7-9-17-33-19-15-24-21-30(36-3)31(37-4)22-26(24)23-33;;/h11,14,21-22,27H,6-10,12-13,15-20,23H2,1-5H3;2*1H. The number of methoxy groups -OCH3 is 4. The Kier molecular flexibility index (Phi) is 14.7. The highest BCUT2D eigenvalue weighted by molar-refractivity contribution is 5.85. The van der Waals surface area contributed by atoms with Crippen LogP contribution in [0.3, 0.4) is 0 Å². The van der Waals surface area contributed by atoms with E-state index < -0.39 is 0 Å². The third-order valence-electron chi connectivity index (χ3n) is 8.42. The highest BCUT2D eigenvalue weighted by atomic mass is 35.5. The summed E-state index contributed by atoms with van der Waals surface area (Å²) in [5, 5.41) is 0. The molecule has 0 radical (unpaired) electrons. The lowest BCUT2D eigenvalue weighted by Crippen LogP contribution is -2.40. The van der Waals surface area contributed by atoms with Gasteiger partial charge in [-0.1, -0.05) is 25.8 Å². The van der Waals surface area contributed by atoms with Crippen molar-refractivity contribution in [1.82, 2.24) is 9.80 Å². The van der Waals surface area contributed by atoms with Crippen molar-refractivity contribution in [2.24, 2.45) is 0 Å². The zero-order valence-corrected chi connectivity index (χ0v) is 26.8. The SMILES string of the molecule is CCCN(CCCCCCN1CCc2cc(OC)c(OC)cc2C1)C1CCc2c(ccc(OC)c2OC)C1.Cl.Cl. The number of fused-ring (bicyclic) bond motifs is 2. The molecule has 0 amide bonds. The fraction of sp³-hybridized carbons (Fsp3) is 0.625. The molecule has 0 aromatic heterocycles. The highest BCUT2D eigenvalue weighted by Gasteiger charge is 2.27. The van der Waals surface area contributed by atoms with Crippen LogP contribution in [0, 0.1) is 0 Å². The average Bonchev–Trinajstić information content (AvgIpc) is 2.96. The number of benzene rings is 2. The molecule has 40 heavy (non-hydrogen) atoms. The summed E-state index contributed by atoms with van der Waals surface area (Å²) in [6, 6.07) is 9.27. The van der Waals surface area contributed by atoms with Crippen molar-refractivity contribution in [1.29, 1.82) is 0 Å².